The van der Waals surface area contributed by atoms with Gasteiger partial charge < -0.3 is 0 Å². The van der Waals surface area contributed by atoms with Crippen molar-refractivity contribution >= 4 is 45.3 Å². The van der Waals surface area contributed by atoms with Crippen LogP contribution in [-0.4, -0.2) is 4.98 Å². The fraction of sp³-hybridized carbons (Fsp3) is 0.160. The molecule has 0 unspecified atom stereocenters. The number of hydrogen-bond acceptors (Lipinski definition) is 5. The fourth-order valence-corrected chi connectivity index (χ4v) is 6.64. The molecule has 0 radical (unpaired) electrons. The number of pyridine rings is 1. The van der Waals surface area contributed by atoms with Crippen molar-refractivity contribution in [2.45, 2.75) is 25.7 Å². The smallest absolute Gasteiger partial charge is 0.0494 e. The molecule has 0 aliphatic rings. The van der Waals surface area contributed by atoms with E-state index in [1.165, 1.54) is 41.9 Å². The minimum Gasteiger partial charge on any atom is -0.260 e. The lowest BCUT2D eigenvalue weighted by molar-refractivity contribution is 0.955. The van der Waals surface area contributed by atoms with Crippen molar-refractivity contribution < 1.29 is 0 Å². The summed E-state index contributed by atoms with van der Waals surface area (Å²) in [6, 6.07) is 17.6. The van der Waals surface area contributed by atoms with Gasteiger partial charge in [-0.05, 0) is 62.5 Å². The van der Waals surface area contributed by atoms with Crippen molar-refractivity contribution in [1.82, 2.24) is 4.98 Å². The molecule has 0 aromatic carbocycles. The average molecular weight is 464 g/mol. The van der Waals surface area contributed by atoms with Crippen LogP contribution >= 0.6 is 45.3 Å². The summed E-state index contributed by atoms with van der Waals surface area (Å²) >= 11 is 7.34. The van der Waals surface area contributed by atoms with Crippen molar-refractivity contribution in [3.8, 4) is 0 Å². The van der Waals surface area contributed by atoms with Gasteiger partial charge in [0.1, 0.15) is 0 Å². The van der Waals surface area contributed by atoms with Crippen LogP contribution in [0.15, 0.2) is 76.2 Å². The second kappa shape index (κ2) is 9.40. The van der Waals surface area contributed by atoms with Crippen LogP contribution in [0.2, 0.25) is 0 Å². The summed E-state index contributed by atoms with van der Waals surface area (Å²) in [6.07, 6.45) is 5.96. The molecule has 5 aromatic rings. The van der Waals surface area contributed by atoms with Gasteiger partial charge in [-0.25, -0.2) is 0 Å². The van der Waals surface area contributed by atoms with Gasteiger partial charge in [-0.1, -0.05) is 24.3 Å². The van der Waals surface area contributed by atoms with Crippen LogP contribution < -0.4 is 0 Å². The van der Waals surface area contributed by atoms with Crippen LogP contribution in [-0.2, 0) is 25.7 Å². The summed E-state index contributed by atoms with van der Waals surface area (Å²) in [7, 11) is 0. The van der Waals surface area contributed by atoms with E-state index in [-0.39, 0.29) is 0 Å². The van der Waals surface area contributed by atoms with Gasteiger partial charge in [0.25, 0.3) is 0 Å². The number of rotatable bonds is 8. The number of thiophene rings is 4. The molecule has 0 atom stereocenters. The monoisotopic (exact) mass is 463 g/mol. The molecule has 5 rings (SSSR count). The molecule has 150 valence electrons. The van der Waals surface area contributed by atoms with Crippen molar-refractivity contribution in [2.24, 2.45) is 0 Å². The van der Waals surface area contributed by atoms with Gasteiger partial charge in [-0.3, -0.25) is 4.98 Å². The predicted octanol–water partition coefficient (Wildman–Crippen LogP) is 7.69. The Hall–Kier alpha value is -2.05. The van der Waals surface area contributed by atoms with Crippen LogP contribution in [0, 0.1) is 0 Å². The third-order valence-corrected chi connectivity index (χ3v) is 8.71. The summed E-state index contributed by atoms with van der Waals surface area (Å²) < 4.78 is 0. The molecule has 0 aliphatic carbocycles. The Labute approximate surface area is 193 Å². The van der Waals surface area contributed by atoms with Crippen molar-refractivity contribution in [3.63, 3.8) is 0 Å². The average Bonchev–Trinajstić information content (AvgIpc) is 3.55. The first-order valence-electron chi connectivity index (χ1n) is 9.93. The maximum atomic E-state index is 5.02. The summed E-state index contributed by atoms with van der Waals surface area (Å²) in [4.78, 5) is 10.6. The molecular formula is C25H21NS4. The predicted molar refractivity (Wildman–Crippen MR) is 133 cm³/mol. The lowest BCUT2D eigenvalue weighted by Crippen LogP contribution is -2.09. The first kappa shape index (κ1) is 19.9. The van der Waals surface area contributed by atoms with Crippen molar-refractivity contribution in [3.05, 3.63) is 118 Å². The van der Waals surface area contributed by atoms with Gasteiger partial charge in [-0.15, -0.1) is 45.3 Å². The molecule has 0 aliphatic heterocycles. The van der Waals surface area contributed by atoms with E-state index in [1.54, 1.807) is 0 Å². The molecule has 0 bridgehead atoms. The maximum Gasteiger partial charge on any atom is 0.0494 e. The molecule has 5 heteroatoms. The van der Waals surface area contributed by atoms with E-state index >= 15 is 0 Å². The molecule has 0 N–H and O–H groups in total. The van der Waals surface area contributed by atoms with Crippen LogP contribution in [0.1, 0.15) is 41.9 Å². The third kappa shape index (κ3) is 4.65. The molecular weight excluding hydrogens is 443 g/mol. The van der Waals surface area contributed by atoms with Gasteiger partial charge in [-0.2, -0.15) is 0 Å². The minimum atomic E-state index is 0.912. The number of hydrogen-bond donors (Lipinski definition) is 0. The van der Waals surface area contributed by atoms with Crippen LogP contribution in [0.25, 0.3) is 0 Å². The zero-order valence-corrected chi connectivity index (χ0v) is 19.7. The Kier molecular flexibility index (Phi) is 6.23. The van der Waals surface area contributed by atoms with Gasteiger partial charge in [0.05, 0.1) is 0 Å². The molecule has 0 saturated heterocycles. The van der Waals surface area contributed by atoms with E-state index in [9.17, 15) is 0 Å². The molecule has 1 nitrogen and oxygen atoms in total. The fourth-order valence-electron chi connectivity index (χ4n) is 3.77. The second-order valence-electron chi connectivity index (χ2n) is 7.21. The van der Waals surface area contributed by atoms with Crippen molar-refractivity contribution in [2.75, 3.05) is 0 Å². The molecule has 0 fully saturated rings. The number of aromatic nitrogens is 1. The van der Waals surface area contributed by atoms with E-state index < -0.39 is 0 Å². The van der Waals surface area contributed by atoms with E-state index in [2.05, 4.69) is 76.2 Å². The van der Waals surface area contributed by atoms with Gasteiger partial charge in [0.15, 0.2) is 0 Å². The Morgan fingerprint density at radius 2 is 1.00 bits per heavy atom. The normalized spacial score (nSPS) is 11.2. The molecule has 30 heavy (non-hydrogen) atoms. The van der Waals surface area contributed by atoms with E-state index in [0.29, 0.717) is 0 Å². The SMILES string of the molecule is c1csc(Cc2cnc(Cc3cccs3)c(Cc3cccs3)c2Cc2cccs2)c1. The first-order valence-corrected chi connectivity index (χ1v) is 13.4. The third-order valence-electron chi connectivity index (χ3n) is 5.21. The quantitative estimate of drug-likeness (QED) is 0.230. The Morgan fingerprint density at radius 1 is 0.533 bits per heavy atom. The highest BCUT2D eigenvalue weighted by molar-refractivity contribution is 7.10. The topological polar surface area (TPSA) is 12.9 Å². The van der Waals surface area contributed by atoms with Crippen LogP contribution in [0.5, 0.6) is 0 Å². The Balaban J connectivity index is 1.61. The van der Waals surface area contributed by atoms with Gasteiger partial charge >= 0.3 is 0 Å². The molecule has 0 saturated carbocycles. The summed E-state index contributed by atoms with van der Waals surface area (Å²) in [6.45, 7) is 0. The maximum absolute atomic E-state index is 5.02. The highest BCUT2D eigenvalue weighted by Crippen LogP contribution is 2.30. The minimum absolute atomic E-state index is 0.912. The van der Waals surface area contributed by atoms with E-state index in [0.717, 1.165) is 25.7 Å². The Bertz CT molecular complexity index is 1070. The zero-order chi connectivity index (χ0) is 20.2. The number of nitrogens with zero attached hydrogens (tertiary/aromatic N) is 1. The highest BCUT2D eigenvalue weighted by atomic mass is 32.1. The lowest BCUT2D eigenvalue weighted by Gasteiger charge is -2.18. The summed E-state index contributed by atoms with van der Waals surface area (Å²) in [5.41, 5.74) is 5.49. The molecule has 5 heterocycles. The lowest BCUT2D eigenvalue weighted by atomic mass is 9.92. The van der Waals surface area contributed by atoms with Gasteiger partial charge in [0, 0.05) is 57.1 Å². The first-order chi connectivity index (χ1) is 14.8. The Morgan fingerprint density at radius 3 is 1.50 bits per heavy atom. The molecule has 0 amide bonds. The largest absolute Gasteiger partial charge is 0.260 e. The zero-order valence-electron chi connectivity index (χ0n) is 16.4. The summed E-state index contributed by atoms with van der Waals surface area (Å²) in [5, 5.41) is 8.68. The highest BCUT2D eigenvalue weighted by Gasteiger charge is 2.18. The summed E-state index contributed by atoms with van der Waals surface area (Å²) in [5.74, 6) is 0. The molecule has 0 spiro atoms. The van der Waals surface area contributed by atoms with Crippen LogP contribution in [0.3, 0.4) is 0 Å². The van der Waals surface area contributed by atoms with E-state index in [1.807, 2.05) is 45.3 Å². The van der Waals surface area contributed by atoms with Crippen LogP contribution in [0.4, 0.5) is 0 Å². The van der Waals surface area contributed by atoms with E-state index in [4.69, 9.17) is 4.98 Å². The van der Waals surface area contributed by atoms with Gasteiger partial charge in [0.2, 0.25) is 0 Å². The van der Waals surface area contributed by atoms with Crippen molar-refractivity contribution in [1.29, 1.82) is 0 Å². The molecule has 5 aromatic heterocycles. The standard InChI is InChI=1S/C25H21NS4/c1-5-19(27-9-1)13-18-17-26-25(16-22-8-4-12-30-22)24(15-21-7-3-11-29-21)23(18)14-20-6-2-10-28-20/h1-12,17H,13-16H2. The second-order valence-corrected chi connectivity index (χ2v) is 11.3.